The summed E-state index contributed by atoms with van der Waals surface area (Å²) in [4.78, 5) is 24.3. The molecule has 0 bridgehead atoms. The van der Waals surface area contributed by atoms with Crippen LogP contribution in [0.2, 0.25) is 18.1 Å². The lowest BCUT2D eigenvalue weighted by molar-refractivity contribution is -0.148. The average Bonchev–Trinajstić information content (AvgIpc) is 2.45. The van der Waals surface area contributed by atoms with Crippen LogP contribution in [0.1, 0.15) is 68.7 Å². The molecule has 0 aromatic heterocycles. The Morgan fingerprint density at radius 2 is 1.54 bits per heavy atom. The maximum absolute atomic E-state index is 12.3. The largest absolute Gasteiger partial charge is 0.457 e. The van der Waals surface area contributed by atoms with Gasteiger partial charge in [-0.3, -0.25) is 4.79 Å². The van der Waals surface area contributed by atoms with E-state index in [9.17, 15) is 9.59 Å². The summed E-state index contributed by atoms with van der Waals surface area (Å²) in [7, 11) is -2.05. The highest BCUT2D eigenvalue weighted by Gasteiger charge is 2.42. The van der Waals surface area contributed by atoms with Crippen LogP contribution in [0.25, 0.3) is 0 Å². The minimum absolute atomic E-state index is 0.0504. The highest BCUT2D eigenvalue weighted by molar-refractivity contribution is 6.74. The van der Waals surface area contributed by atoms with E-state index in [1.165, 1.54) is 6.08 Å². The van der Waals surface area contributed by atoms with Crippen LogP contribution in [0, 0.1) is 11.8 Å². The van der Waals surface area contributed by atoms with Crippen molar-refractivity contribution >= 4 is 20.1 Å². The predicted octanol–water partition coefficient (Wildman–Crippen LogP) is 5.53. The molecular formula is C21H40O4Si. The first-order valence-corrected chi connectivity index (χ1v) is 12.5. The molecule has 0 aliphatic rings. The number of hydrogen-bond acceptors (Lipinski definition) is 4. The van der Waals surface area contributed by atoms with Crippen molar-refractivity contribution in [1.29, 1.82) is 0 Å². The Kier molecular flexibility index (Phi) is 8.98. The maximum atomic E-state index is 12.3. The van der Waals surface area contributed by atoms with Crippen molar-refractivity contribution in [2.45, 2.75) is 98.6 Å². The first-order valence-electron chi connectivity index (χ1n) is 9.63. The zero-order chi connectivity index (χ0) is 20.9. The van der Waals surface area contributed by atoms with Crippen LogP contribution < -0.4 is 0 Å². The zero-order valence-electron chi connectivity index (χ0n) is 18.7. The summed E-state index contributed by atoms with van der Waals surface area (Å²) in [5.41, 5.74) is -0.521. The summed E-state index contributed by atoms with van der Waals surface area (Å²) in [6.45, 7) is 22.3. The molecule has 0 amide bonds. The normalized spacial score (nSPS) is 17.0. The van der Waals surface area contributed by atoms with Gasteiger partial charge in [0.05, 0.1) is 6.10 Å². The first-order chi connectivity index (χ1) is 11.5. The Morgan fingerprint density at radius 1 is 1.04 bits per heavy atom. The van der Waals surface area contributed by atoms with E-state index in [4.69, 9.17) is 9.16 Å². The Labute approximate surface area is 161 Å². The van der Waals surface area contributed by atoms with Crippen LogP contribution in [-0.2, 0) is 18.8 Å². The lowest BCUT2D eigenvalue weighted by Crippen LogP contribution is -2.48. The van der Waals surface area contributed by atoms with E-state index >= 15 is 0 Å². The topological polar surface area (TPSA) is 52.6 Å². The van der Waals surface area contributed by atoms with Crippen LogP contribution in [0.4, 0.5) is 0 Å². The van der Waals surface area contributed by atoms with E-state index in [-0.39, 0.29) is 34.7 Å². The van der Waals surface area contributed by atoms with Gasteiger partial charge >= 0.3 is 5.97 Å². The molecule has 26 heavy (non-hydrogen) atoms. The quantitative estimate of drug-likeness (QED) is 0.314. The van der Waals surface area contributed by atoms with Crippen LogP contribution in [-0.4, -0.2) is 31.8 Å². The molecule has 0 aromatic rings. The molecule has 0 aliphatic heterocycles. The van der Waals surface area contributed by atoms with Gasteiger partial charge in [-0.2, -0.15) is 0 Å². The van der Waals surface area contributed by atoms with Crippen LogP contribution in [0.5, 0.6) is 0 Å². The second kappa shape index (κ2) is 9.31. The molecule has 0 aromatic carbocycles. The SMILES string of the molecule is CCC(=O)[C@@H](C)[C@H](O[Si](C)(C)C(C)(C)C)[C@@H](C)/C=C/C(=O)OC(C)(C)C. The molecule has 0 saturated heterocycles. The number of ketones is 1. The van der Waals surface area contributed by atoms with Crippen molar-refractivity contribution in [2.24, 2.45) is 11.8 Å². The number of carbonyl (C=O) groups is 2. The zero-order valence-corrected chi connectivity index (χ0v) is 19.7. The fourth-order valence-corrected chi connectivity index (χ4v) is 3.82. The number of hydrogen-bond donors (Lipinski definition) is 0. The minimum atomic E-state index is -2.05. The first kappa shape index (κ1) is 25.1. The number of rotatable bonds is 8. The van der Waals surface area contributed by atoms with Gasteiger partial charge in [0.1, 0.15) is 11.4 Å². The van der Waals surface area contributed by atoms with Crippen molar-refractivity contribution in [3.05, 3.63) is 12.2 Å². The molecule has 152 valence electrons. The van der Waals surface area contributed by atoms with E-state index < -0.39 is 13.9 Å². The summed E-state index contributed by atoms with van der Waals surface area (Å²) in [6.07, 6.45) is 3.51. The van der Waals surface area contributed by atoms with Crippen molar-refractivity contribution < 1.29 is 18.8 Å². The molecular weight excluding hydrogens is 344 g/mol. The Morgan fingerprint density at radius 3 is 1.92 bits per heavy atom. The molecule has 0 spiro atoms. The van der Waals surface area contributed by atoms with Gasteiger partial charge in [-0.15, -0.1) is 0 Å². The summed E-state index contributed by atoms with van der Waals surface area (Å²) >= 11 is 0. The van der Waals surface area contributed by atoms with Gasteiger partial charge in [0.15, 0.2) is 8.32 Å². The molecule has 0 radical (unpaired) electrons. The van der Waals surface area contributed by atoms with E-state index in [0.717, 1.165) is 0 Å². The summed E-state index contributed by atoms with van der Waals surface area (Å²) < 4.78 is 11.9. The summed E-state index contributed by atoms with van der Waals surface area (Å²) in [5.74, 6) is -0.467. The Bertz CT molecular complexity index is 509. The molecule has 0 fully saturated rings. The minimum Gasteiger partial charge on any atom is -0.457 e. The Balaban J connectivity index is 5.46. The fourth-order valence-electron chi connectivity index (χ4n) is 2.36. The predicted molar refractivity (Wildman–Crippen MR) is 111 cm³/mol. The monoisotopic (exact) mass is 384 g/mol. The van der Waals surface area contributed by atoms with Gasteiger partial charge < -0.3 is 9.16 Å². The third kappa shape index (κ3) is 8.17. The van der Waals surface area contributed by atoms with E-state index in [0.29, 0.717) is 6.42 Å². The molecule has 4 nitrogen and oxygen atoms in total. The van der Waals surface area contributed by atoms with Crippen molar-refractivity contribution in [3.63, 3.8) is 0 Å². The van der Waals surface area contributed by atoms with E-state index in [2.05, 4.69) is 33.9 Å². The Hall–Kier alpha value is -0.943. The standard InChI is InChI=1S/C21H40O4Si/c1-12-17(22)16(3)19(25-26(10,11)21(7,8)9)15(2)13-14-18(23)24-20(4,5)6/h13-16,19H,12H2,1-11H3/b14-13+/t15-,16+,19+/m0/s1. The molecule has 0 rings (SSSR count). The van der Waals surface area contributed by atoms with Crippen molar-refractivity contribution in [2.75, 3.05) is 0 Å². The molecule has 0 heterocycles. The van der Waals surface area contributed by atoms with E-state index in [1.807, 2.05) is 47.6 Å². The second-order valence-corrected chi connectivity index (χ2v) is 14.5. The highest BCUT2D eigenvalue weighted by Crippen LogP contribution is 2.39. The molecule has 0 saturated carbocycles. The molecule has 5 heteroatoms. The van der Waals surface area contributed by atoms with E-state index in [1.54, 1.807) is 0 Å². The number of Topliss-reactive ketones (excluding diaryl/α,β-unsaturated/α-hetero) is 1. The van der Waals surface area contributed by atoms with Gasteiger partial charge in [0.25, 0.3) is 0 Å². The van der Waals surface area contributed by atoms with Crippen molar-refractivity contribution in [3.8, 4) is 0 Å². The van der Waals surface area contributed by atoms with Gasteiger partial charge in [0, 0.05) is 24.3 Å². The van der Waals surface area contributed by atoms with Gasteiger partial charge in [-0.1, -0.05) is 47.6 Å². The molecule has 3 atom stereocenters. The summed E-state index contributed by atoms with van der Waals surface area (Å²) in [5, 5.41) is 0.0504. The highest BCUT2D eigenvalue weighted by atomic mass is 28.4. The molecule has 0 N–H and O–H groups in total. The lowest BCUT2D eigenvalue weighted by atomic mass is 9.89. The third-order valence-electron chi connectivity index (χ3n) is 5.05. The van der Waals surface area contributed by atoms with Crippen molar-refractivity contribution in [1.82, 2.24) is 0 Å². The third-order valence-corrected chi connectivity index (χ3v) is 9.52. The van der Waals surface area contributed by atoms with Gasteiger partial charge in [-0.05, 0) is 38.9 Å². The number of esters is 1. The average molecular weight is 385 g/mol. The van der Waals surface area contributed by atoms with Crippen LogP contribution in [0.3, 0.4) is 0 Å². The van der Waals surface area contributed by atoms with Gasteiger partial charge in [-0.25, -0.2) is 4.79 Å². The number of carbonyl (C=O) groups excluding carboxylic acids is 2. The van der Waals surface area contributed by atoms with Crippen LogP contribution in [0.15, 0.2) is 12.2 Å². The van der Waals surface area contributed by atoms with Gasteiger partial charge in [0.2, 0.25) is 0 Å². The number of ether oxygens (including phenoxy) is 1. The fraction of sp³-hybridized carbons (Fsp3) is 0.810. The smallest absolute Gasteiger partial charge is 0.330 e. The maximum Gasteiger partial charge on any atom is 0.330 e. The molecule has 0 unspecified atom stereocenters. The second-order valence-electron chi connectivity index (χ2n) is 9.70. The summed E-state index contributed by atoms with van der Waals surface area (Å²) in [6, 6.07) is 0. The molecule has 0 aliphatic carbocycles. The lowest BCUT2D eigenvalue weighted by Gasteiger charge is -2.42. The van der Waals surface area contributed by atoms with Crippen LogP contribution >= 0.6 is 0 Å².